The molecule has 1 aliphatic rings. The highest BCUT2D eigenvalue weighted by Crippen LogP contribution is 2.25. The van der Waals surface area contributed by atoms with E-state index in [1.807, 2.05) is 35.7 Å². The monoisotopic (exact) mass is 383 g/mol. The number of carbonyl (C=O) groups excluding carboxylic acids is 1. The summed E-state index contributed by atoms with van der Waals surface area (Å²) < 4.78 is 10.8. The standard InChI is InChI=1S/C20H21N3O3S/c24-20(16-13-18(26-22-16)19-7-4-12-27-19)21-14-17(15-5-2-1-3-6-15)23-8-10-25-11-9-23/h1-7,12-13,17H,8-11,14H2,(H,21,24)/t17-/m1/s1. The molecule has 1 aliphatic heterocycles. The number of amides is 1. The van der Waals surface area contributed by atoms with Crippen LogP contribution in [0.5, 0.6) is 0 Å². The predicted octanol–water partition coefficient (Wildman–Crippen LogP) is 3.21. The lowest BCUT2D eigenvalue weighted by molar-refractivity contribution is 0.0162. The second-order valence-corrected chi connectivity index (χ2v) is 7.29. The number of nitrogens with one attached hydrogen (secondary N) is 1. The Bertz CT molecular complexity index is 858. The highest BCUT2D eigenvalue weighted by Gasteiger charge is 2.24. The molecule has 1 fully saturated rings. The molecular formula is C20H21N3O3S. The Labute approximate surface area is 161 Å². The first kappa shape index (κ1) is 17.9. The van der Waals surface area contributed by atoms with Gasteiger partial charge in [0.25, 0.3) is 5.91 Å². The van der Waals surface area contributed by atoms with Crippen molar-refractivity contribution >= 4 is 17.2 Å². The molecule has 2 aromatic heterocycles. The van der Waals surface area contributed by atoms with Crippen molar-refractivity contribution in [1.29, 1.82) is 0 Å². The van der Waals surface area contributed by atoms with E-state index in [1.165, 1.54) is 5.56 Å². The van der Waals surface area contributed by atoms with Crippen LogP contribution in [0.1, 0.15) is 22.1 Å². The molecule has 27 heavy (non-hydrogen) atoms. The fourth-order valence-electron chi connectivity index (χ4n) is 3.22. The third-order valence-corrected chi connectivity index (χ3v) is 5.52. The largest absolute Gasteiger partial charge is 0.379 e. The minimum Gasteiger partial charge on any atom is -0.379 e. The number of carbonyl (C=O) groups is 1. The SMILES string of the molecule is O=C(NC[C@H](c1ccccc1)N1CCOCC1)c1cc(-c2cccs2)on1. The van der Waals surface area contributed by atoms with Crippen molar-refractivity contribution in [2.24, 2.45) is 0 Å². The average Bonchev–Trinajstić information content (AvgIpc) is 3.41. The first-order valence-electron chi connectivity index (χ1n) is 8.97. The summed E-state index contributed by atoms with van der Waals surface area (Å²) in [6.07, 6.45) is 0. The van der Waals surface area contributed by atoms with Crippen molar-refractivity contribution < 1.29 is 14.1 Å². The van der Waals surface area contributed by atoms with Crippen LogP contribution in [-0.2, 0) is 4.74 Å². The van der Waals surface area contributed by atoms with Gasteiger partial charge >= 0.3 is 0 Å². The zero-order chi connectivity index (χ0) is 18.5. The molecule has 140 valence electrons. The summed E-state index contributed by atoms with van der Waals surface area (Å²) in [7, 11) is 0. The van der Waals surface area contributed by atoms with Gasteiger partial charge in [-0.1, -0.05) is 41.6 Å². The van der Waals surface area contributed by atoms with Gasteiger partial charge in [-0.2, -0.15) is 0 Å². The summed E-state index contributed by atoms with van der Waals surface area (Å²) in [5, 5.41) is 8.90. The lowest BCUT2D eigenvalue weighted by Crippen LogP contribution is -2.43. The number of aromatic nitrogens is 1. The third-order valence-electron chi connectivity index (χ3n) is 4.63. The summed E-state index contributed by atoms with van der Waals surface area (Å²) in [4.78, 5) is 15.9. The quantitative estimate of drug-likeness (QED) is 0.708. The number of thiophene rings is 1. The van der Waals surface area contributed by atoms with Crippen LogP contribution in [-0.4, -0.2) is 48.8 Å². The van der Waals surface area contributed by atoms with Gasteiger partial charge in [0.15, 0.2) is 11.5 Å². The maximum atomic E-state index is 12.6. The summed E-state index contributed by atoms with van der Waals surface area (Å²) in [5.74, 6) is 0.388. The van der Waals surface area contributed by atoms with Crippen molar-refractivity contribution in [2.45, 2.75) is 6.04 Å². The topological polar surface area (TPSA) is 67.6 Å². The Morgan fingerprint density at radius 2 is 2.00 bits per heavy atom. The number of hydrogen-bond donors (Lipinski definition) is 1. The predicted molar refractivity (Wildman–Crippen MR) is 104 cm³/mol. The molecule has 0 saturated carbocycles. The summed E-state index contributed by atoms with van der Waals surface area (Å²) in [5.41, 5.74) is 1.48. The van der Waals surface area contributed by atoms with Gasteiger partial charge in [-0.25, -0.2) is 0 Å². The van der Waals surface area contributed by atoms with Crippen molar-refractivity contribution in [1.82, 2.24) is 15.4 Å². The molecule has 1 aromatic carbocycles. The van der Waals surface area contributed by atoms with E-state index in [-0.39, 0.29) is 11.9 Å². The van der Waals surface area contributed by atoms with Gasteiger partial charge < -0.3 is 14.6 Å². The van der Waals surface area contributed by atoms with Gasteiger partial charge in [0, 0.05) is 25.7 Å². The molecule has 4 rings (SSSR count). The zero-order valence-electron chi connectivity index (χ0n) is 14.8. The minimum atomic E-state index is -0.226. The van der Waals surface area contributed by atoms with Crippen LogP contribution in [0.15, 0.2) is 58.4 Å². The second-order valence-electron chi connectivity index (χ2n) is 6.34. The molecule has 1 amide bonds. The molecule has 1 saturated heterocycles. The Morgan fingerprint density at radius 3 is 2.74 bits per heavy atom. The molecule has 0 bridgehead atoms. The number of nitrogens with zero attached hydrogens (tertiary/aromatic N) is 2. The van der Waals surface area contributed by atoms with Crippen LogP contribution in [0.25, 0.3) is 10.6 Å². The first-order valence-corrected chi connectivity index (χ1v) is 9.85. The van der Waals surface area contributed by atoms with E-state index in [4.69, 9.17) is 9.26 Å². The van der Waals surface area contributed by atoms with E-state index >= 15 is 0 Å². The lowest BCUT2D eigenvalue weighted by atomic mass is 10.0. The maximum Gasteiger partial charge on any atom is 0.273 e. The maximum absolute atomic E-state index is 12.6. The summed E-state index contributed by atoms with van der Waals surface area (Å²) in [6, 6.07) is 15.9. The fourth-order valence-corrected chi connectivity index (χ4v) is 3.89. The molecule has 0 spiro atoms. The average molecular weight is 383 g/mol. The minimum absolute atomic E-state index is 0.0997. The molecular weight excluding hydrogens is 362 g/mol. The number of ether oxygens (including phenoxy) is 1. The van der Waals surface area contributed by atoms with Crippen LogP contribution in [0.2, 0.25) is 0 Å². The van der Waals surface area contributed by atoms with Gasteiger partial charge in [-0.15, -0.1) is 11.3 Å². The van der Waals surface area contributed by atoms with E-state index < -0.39 is 0 Å². The first-order chi connectivity index (χ1) is 13.3. The lowest BCUT2D eigenvalue weighted by Gasteiger charge is -2.34. The molecule has 0 aliphatic carbocycles. The smallest absolute Gasteiger partial charge is 0.273 e. The Morgan fingerprint density at radius 1 is 1.19 bits per heavy atom. The molecule has 6 nitrogen and oxygen atoms in total. The summed E-state index contributed by atoms with van der Waals surface area (Å²) >= 11 is 1.55. The van der Waals surface area contributed by atoms with Gasteiger partial charge in [-0.3, -0.25) is 9.69 Å². The fraction of sp³-hybridized carbons (Fsp3) is 0.300. The van der Waals surface area contributed by atoms with Gasteiger partial charge in [0.2, 0.25) is 0 Å². The Balaban J connectivity index is 1.45. The normalized spacial score (nSPS) is 16.1. The van der Waals surface area contributed by atoms with Crippen molar-refractivity contribution in [3.63, 3.8) is 0 Å². The highest BCUT2D eigenvalue weighted by molar-refractivity contribution is 7.13. The van der Waals surface area contributed by atoms with Gasteiger partial charge in [0.1, 0.15) is 0 Å². The van der Waals surface area contributed by atoms with E-state index in [0.717, 1.165) is 18.0 Å². The van der Waals surface area contributed by atoms with Gasteiger partial charge in [0.05, 0.1) is 24.1 Å². The van der Waals surface area contributed by atoms with E-state index in [1.54, 1.807) is 17.4 Å². The molecule has 3 aromatic rings. The molecule has 3 heterocycles. The third kappa shape index (κ3) is 4.27. The highest BCUT2D eigenvalue weighted by atomic mass is 32.1. The molecule has 7 heteroatoms. The van der Waals surface area contributed by atoms with Crippen LogP contribution in [0, 0.1) is 0 Å². The number of hydrogen-bond acceptors (Lipinski definition) is 6. The number of benzene rings is 1. The summed E-state index contributed by atoms with van der Waals surface area (Å²) in [6.45, 7) is 3.63. The zero-order valence-corrected chi connectivity index (χ0v) is 15.7. The van der Waals surface area contributed by atoms with Crippen molar-refractivity contribution in [2.75, 3.05) is 32.8 Å². The Kier molecular flexibility index (Phi) is 5.62. The van der Waals surface area contributed by atoms with Crippen molar-refractivity contribution in [3.8, 4) is 10.6 Å². The molecule has 1 atom stereocenters. The van der Waals surface area contributed by atoms with Crippen LogP contribution in [0.4, 0.5) is 0 Å². The van der Waals surface area contributed by atoms with E-state index in [9.17, 15) is 4.79 Å². The molecule has 0 radical (unpaired) electrons. The molecule has 1 N–H and O–H groups in total. The van der Waals surface area contributed by atoms with Crippen LogP contribution < -0.4 is 5.32 Å². The van der Waals surface area contributed by atoms with E-state index in [0.29, 0.717) is 31.2 Å². The van der Waals surface area contributed by atoms with E-state index in [2.05, 4.69) is 27.5 Å². The Hall–Kier alpha value is -2.48. The number of rotatable bonds is 6. The van der Waals surface area contributed by atoms with Gasteiger partial charge in [-0.05, 0) is 17.0 Å². The number of morpholine rings is 1. The molecule has 0 unspecified atom stereocenters. The second kappa shape index (κ2) is 8.47. The van der Waals surface area contributed by atoms with Crippen molar-refractivity contribution in [3.05, 3.63) is 65.2 Å². The van der Waals surface area contributed by atoms with Crippen LogP contribution >= 0.6 is 11.3 Å². The van der Waals surface area contributed by atoms with Crippen LogP contribution in [0.3, 0.4) is 0 Å².